The number of nitrogens with one attached hydrogen (secondary N) is 2. The van der Waals surface area contributed by atoms with E-state index in [1.54, 1.807) is 37.4 Å². The topological polar surface area (TPSA) is 114 Å². The number of ether oxygens (including phenoxy) is 1. The number of carbonyl (C=O) groups excluding carboxylic acids is 2. The third kappa shape index (κ3) is 6.90. The highest BCUT2D eigenvalue weighted by Gasteiger charge is 2.19. The van der Waals surface area contributed by atoms with Crippen molar-refractivity contribution in [2.24, 2.45) is 0 Å². The van der Waals surface area contributed by atoms with E-state index in [-0.39, 0.29) is 18.2 Å². The lowest BCUT2D eigenvalue weighted by molar-refractivity contribution is -0.115. The van der Waals surface area contributed by atoms with E-state index in [0.717, 1.165) is 27.5 Å². The lowest BCUT2D eigenvalue weighted by Gasteiger charge is -2.17. The number of imidazole rings is 1. The van der Waals surface area contributed by atoms with Crippen LogP contribution in [0.25, 0.3) is 27.6 Å². The summed E-state index contributed by atoms with van der Waals surface area (Å²) in [5, 5.41) is 8.23. The first-order valence-electron chi connectivity index (χ1n) is 14.3. The van der Waals surface area contributed by atoms with Crippen LogP contribution in [0.3, 0.4) is 0 Å². The number of hydrogen-bond acceptors (Lipinski definition) is 8. The molecule has 0 radical (unpaired) electrons. The highest BCUT2D eigenvalue weighted by atomic mass is 32.1. The fraction of sp³-hybridized carbons (Fsp3) is 0.147. The number of aromatic nitrogens is 4. The molecule has 2 amide bonds. The van der Waals surface area contributed by atoms with Crippen molar-refractivity contribution < 1.29 is 14.3 Å². The first-order valence-corrected chi connectivity index (χ1v) is 15.2. The minimum absolute atomic E-state index is 0.0942. The molecule has 3 aromatic heterocycles. The molecule has 0 spiro atoms. The van der Waals surface area contributed by atoms with Gasteiger partial charge in [0.15, 0.2) is 4.96 Å². The van der Waals surface area contributed by atoms with Gasteiger partial charge in [0.1, 0.15) is 5.69 Å². The monoisotopic (exact) mass is 617 g/mol. The van der Waals surface area contributed by atoms with Gasteiger partial charge in [-0.1, -0.05) is 48.5 Å². The van der Waals surface area contributed by atoms with Gasteiger partial charge in [-0.2, -0.15) is 0 Å². The molecular formula is C34H31N7O3S. The maximum absolute atomic E-state index is 12.9. The Balaban J connectivity index is 1.26. The van der Waals surface area contributed by atoms with Gasteiger partial charge in [0.05, 0.1) is 24.4 Å². The SMILES string of the molecule is COCCN(C)C(=O)c1cccc(Nc2nccc(-c3c(-c4cccc(NC(=O)Cc5ccccc5)c4)nc4sccn34)n2)c1. The number of amides is 2. The third-order valence-electron chi connectivity index (χ3n) is 7.13. The van der Waals surface area contributed by atoms with Gasteiger partial charge in [0.25, 0.3) is 5.91 Å². The average Bonchev–Trinajstić information content (AvgIpc) is 3.66. The van der Waals surface area contributed by atoms with Crippen molar-refractivity contribution in [2.75, 3.05) is 37.9 Å². The van der Waals surface area contributed by atoms with Gasteiger partial charge < -0.3 is 20.3 Å². The maximum atomic E-state index is 12.9. The summed E-state index contributed by atoms with van der Waals surface area (Å²) in [7, 11) is 3.36. The van der Waals surface area contributed by atoms with Gasteiger partial charge in [-0.25, -0.2) is 15.0 Å². The van der Waals surface area contributed by atoms with Crippen LogP contribution in [-0.4, -0.2) is 63.4 Å². The number of thiazole rings is 1. The lowest BCUT2D eigenvalue weighted by atomic mass is 10.1. The minimum atomic E-state index is -0.104. The number of rotatable bonds is 11. The van der Waals surface area contributed by atoms with Crippen LogP contribution in [0.4, 0.5) is 17.3 Å². The zero-order chi connectivity index (χ0) is 31.2. The molecule has 0 aliphatic carbocycles. The van der Waals surface area contributed by atoms with Gasteiger partial charge in [0, 0.05) is 61.0 Å². The van der Waals surface area contributed by atoms with Crippen LogP contribution in [0.15, 0.2) is 103 Å². The van der Waals surface area contributed by atoms with Crippen LogP contribution in [0.5, 0.6) is 0 Å². The first-order chi connectivity index (χ1) is 22.0. The van der Waals surface area contributed by atoms with Crippen LogP contribution in [-0.2, 0) is 16.0 Å². The summed E-state index contributed by atoms with van der Waals surface area (Å²) in [6, 6.07) is 26.4. The van der Waals surface area contributed by atoms with E-state index < -0.39 is 0 Å². The van der Waals surface area contributed by atoms with Crippen LogP contribution >= 0.6 is 11.3 Å². The molecule has 226 valence electrons. The summed E-state index contributed by atoms with van der Waals surface area (Å²) >= 11 is 1.53. The molecule has 0 fully saturated rings. The fourth-order valence-corrected chi connectivity index (χ4v) is 5.64. The summed E-state index contributed by atoms with van der Waals surface area (Å²) in [5.74, 6) is 0.179. The molecule has 11 heteroatoms. The molecule has 0 saturated heterocycles. The van der Waals surface area contributed by atoms with E-state index in [2.05, 4.69) is 15.6 Å². The Hall–Kier alpha value is -5.39. The number of carbonyl (C=O) groups is 2. The van der Waals surface area contributed by atoms with E-state index in [9.17, 15) is 9.59 Å². The van der Waals surface area contributed by atoms with Crippen molar-refractivity contribution in [3.8, 4) is 22.6 Å². The Morgan fingerprint density at radius 2 is 1.78 bits per heavy atom. The number of hydrogen-bond donors (Lipinski definition) is 2. The standard InChI is InChI=1S/C34H31N7O3S/c1-40(16-18-44-2)32(43)25-11-7-13-27(22-25)37-33-35-15-14-28(38-33)31-30(39-34-41(31)17-19-45-34)24-10-6-12-26(21-24)36-29(42)20-23-8-4-3-5-9-23/h3-15,17,19,21-22H,16,18,20H2,1-2H3,(H,36,42)(H,35,37,38). The molecule has 0 saturated carbocycles. The van der Waals surface area contributed by atoms with Crippen molar-refractivity contribution in [3.05, 3.63) is 114 Å². The van der Waals surface area contributed by atoms with Crippen molar-refractivity contribution in [3.63, 3.8) is 0 Å². The lowest BCUT2D eigenvalue weighted by Crippen LogP contribution is -2.29. The molecule has 6 rings (SSSR count). The van der Waals surface area contributed by atoms with Crippen molar-refractivity contribution >= 4 is 45.4 Å². The number of benzene rings is 3. The van der Waals surface area contributed by atoms with Gasteiger partial charge in [-0.15, -0.1) is 11.3 Å². The number of fused-ring (bicyclic) bond motifs is 1. The summed E-state index contributed by atoms with van der Waals surface area (Å²) < 4.78 is 7.10. The number of likely N-dealkylation sites (N-methyl/N-ethyl adjacent to an activating group) is 1. The van der Waals surface area contributed by atoms with E-state index in [4.69, 9.17) is 14.7 Å². The summed E-state index contributed by atoms with van der Waals surface area (Å²) in [6.45, 7) is 0.952. The summed E-state index contributed by atoms with van der Waals surface area (Å²) in [4.78, 5) is 42.3. The summed E-state index contributed by atoms with van der Waals surface area (Å²) in [5.41, 5.74) is 5.90. The fourth-order valence-electron chi connectivity index (χ4n) is 4.92. The van der Waals surface area contributed by atoms with Crippen LogP contribution in [0, 0.1) is 0 Å². The van der Waals surface area contributed by atoms with E-state index in [1.165, 1.54) is 11.3 Å². The average molecular weight is 618 g/mol. The molecule has 10 nitrogen and oxygen atoms in total. The molecule has 0 atom stereocenters. The van der Waals surface area contributed by atoms with Crippen LogP contribution in [0.1, 0.15) is 15.9 Å². The zero-order valence-electron chi connectivity index (χ0n) is 24.8. The predicted octanol–water partition coefficient (Wildman–Crippen LogP) is 6.16. The maximum Gasteiger partial charge on any atom is 0.253 e. The van der Waals surface area contributed by atoms with E-state index in [1.807, 2.05) is 88.8 Å². The predicted molar refractivity (Wildman–Crippen MR) is 177 cm³/mol. The molecule has 0 unspecified atom stereocenters. The molecule has 45 heavy (non-hydrogen) atoms. The van der Waals surface area contributed by atoms with E-state index in [0.29, 0.717) is 41.7 Å². The van der Waals surface area contributed by atoms with Crippen molar-refractivity contribution in [1.29, 1.82) is 0 Å². The van der Waals surface area contributed by atoms with Gasteiger partial charge >= 0.3 is 0 Å². The molecule has 2 N–H and O–H groups in total. The van der Waals surface area contributed by atoms with Gasteiger partial charge in [0.2, 0.25) is 11.9 Å². The summed E-state index contributed by atoms with van der Waals surface area (Å²) in [6.07, 6.45) is 3.94. The molecule has 0 bridgehead atoms. The van der Waals surface area contributed by atoms with Gasteiger partial charge in [-0.3, -0.25) is 14.0 Å². The van der Waals surface area contributed by atoms with Crippen molar-refractivity contribution in [1.82, 2.24) is 24.3 Å². The molecule has 3 heterocycles. The largest absolute Gasteiger partial charge is 0.383 e. The second kappa shape index (κ2) is 13.5. The highest BCUT2D eigenvalue weighted by Crippen LogP contribution is 2.35. The molecule has 6 aromatic rings. The van der Waals surface area contributed by atoms with Gasteiger partial charge in [-0.05, 0) is 42.0 Å². The second-order valence-electron chi connectivity index (χ2n) is 10.3. The second-order valence-corrected chi connectivity index (χ2v) is 11.2. The molecule has 3 aromatic carbocycles. The van der Waals surface area contributed by atoms with E-state index >= 15 is 0 Å². The normalized spacial score (nSPS) is 11.0. The molecular weight excluding hydrogens is 586 g/mol. The first kappa shape index (κ1) is 29.7. The third-order valence-corrected chi connectivity index (χ3v) is 7.89. The number of methoxy groups -OCH3 is 1. The Morgan fingerprint density at radius 3 is 2.62 bits per heavy atom. The quantitative estimate of drug-likeness (QED) is 0.179. The minimum Gasteiger partial charge on any atom is -0.383 e. The van der Waals surface area contributed by atoms with Crippen LogP contribution in [0.2, 0.25) is 0 Å². The number of anilines is 3. The Labute approximate surface area is 264 Å². The smallest absolute Gasteiger partial charge is 0.253 e. The van der Waals surface area contributed by atoms with Crippen LogP contribution < -0.4 is 10.6 Å². The Kier molecular flexibility index (Phi) is 8.90. The Bertz CT molecular complexity index is 1950. The van der Waals surface area contributed by atoms with Crippen molar-refractivity contribution in [2.45, 2.75) is 6.42 Å². The molecule has 0 aliphatic heterocycles. The zero-order valence-corrected chi connectivity index (χ0v) is 25.6. The highest BCUT2D eigenvalue weighted by molar-refractivity contribution is 7.15. The molecule has 0 aliphatic rings. The number of nitrogens with zero attached hydrogens (tertiary/aromatic N) is 5. The Morgan fingerprint density at radius 1 is 0.956 bits per heavy atom.